The van der Waals surface area contributed by atoms with E-state index in [9.17, 15) is 9.59 Å². The van der Waals surface area contributed by atoms with Gasteiger partial charge in [0.05, 0.1) is 17.1 Å². The molecule has 1 rings (SSSR count). The molecule has 0 spiro atoms. The van der Waals surface area contributed by atoms with E-state index in [0.717, 1.165) is 4.47 Å². The summed E-state index contributed by atoms with van der Waals surface area (Å²) in [4.78, 5) is 25.1. The van der Waals surface area contributed by atoms with Crippen molar-refractivity contribution in [1.82, 2.24) is 10.2 Å². The zero-order valence-electron chi connectivity index (χ0n) is 11.0. The third-order valence-corrected chi connectivity index (χ3v) is 3.16. The quantitative estimate of drug-likeness (QED) is 0.910. The van der Waals surface area contributed by atoms with Crippen LogP contribution in [-0.2, 0) is 4.79 Å². The van der Waals surface area contributed by atoms with Gasteiger partial charge in [-0.15, -0.1) is 0 Å². The van der Waals surface area contributed by atoms with Gasteiger partial charge in [-0.25, -0.2) is 0 Å². The summed E-state index contributed by atoms with van der Waals surface area (Å²) in [6.45, 7) is 3.73. The summed E-state index contributed by atoms with van der Waals surface area (Å²) in [7, 11) is 1.57. The molecule has 0 aromatic heterocycles. The second-order valence-electron chi connectivity index (χ2n) is 4.51. The topological polar surface area (TPSA) is 49.4 Å². The molecule has 0 saturated heterocycles. The maximum Gasteiger partial charge on any atom is 0.255 e. The normalized spacial score (nSPS) is 10.4. The number of nitrogens with one attached hydrogen (secondary N) is 1. The van der Waals surface area contributed by atoms with Crippen molar-refractivity contribution in [3.05, 3.63) is 33.3 Å². The Balaban J connectivity index is 2.77. The Hall–Kier alpha value is -1.07. The van der Waals surface area contributed by atoms with E-state index >= 15 is 0 Å². The molecule has 1 aromatic carbocycles. The van der Waals surface area contributed by atoms with E-state index in [0.29, 0.717) is 10.6 Å². The molecule has 0 atom stereocenters. The summed E-state index contributed by atoms with van der Waals surface area (Å²) >= 11 is 9.28. The highest BCUT2D eigenvalue weighted by Gasteiger charge is 2.18. The molecular formula is C13H16BrClN2O2. The van der Waals surface area contributed by atoms with Crippen molar-refractivity contribution in [2.24, 2.45) is 0 Å². The number of rotatable bonds is 4. The Morgan fingerprint density at radius 1 is 1.42 bits per heavy atom. The minimum atomic E-state index is -0.287. The predicted octanol–water partition coefficient (Wildman–Crippen LogP) is 2.70. The van der Waals surface area contributed by atoms with Crippen LogP contribution in [0.1, 0.15) is 24.2 Å². The van der Waals surface area contributed by atoms with Crippen LogP contribution >= 0.6 is 27.5 Å². The first-order chi connectivity index (χ1) is 8.81. The lowest BCUT2D eigenvalue weighted by atomic mass is 10.2. The van der Waals surface area contributed by atoms with E-state index in [4.69, 9.17) is 11.6 Å². The summed E-state index contributed by atoms with van der Waals surface area (Å²) in [6, 6.07) is 5.08. The summed E-state index contributed by atoms with van der Waals surface area (Å²) in [6.07, 6.45) is 0. The van der Waals surface area contributed by atoms with Gasteiger partial charge in [0.25, 0.3) is 5.91 Å². The van der Waals surface area contributed by atoms with Crippen molar-refractivity contribution in [2.75, 3.05) is 13.6 Å². The molecule has 0 aliphatic rings. The molecule has 0 aliphatic carbocycles. The highest BCUT2D eigenvalue weighted by Crippen LogP contribution is 2.22. The molecule has 2 amide bonds. The maximum atomic E-state index is 12.2. The third-order valence-electron chi connectivity index (χ3n) is 2.34. The largest absolute Gasteiger partial charge is 0.352 e. The number of hydrogen-bond donors (Lipinski definition) is 1. The molecule has 0 radical (unpaired) electrons. The van der Waals surface area contributed by atoms with Crippen molar-refractivity contribution in [1.29, 1.82) is 0 Å². The van der Waals surface area contributed by atoms with Gasteiger partial charge in [0.2, 0.25) is 5.91 Å². The van der Waals surface area contributed by atoms with Gasteiger partial charge in [0.1, 0.15) is 0 Å². The molecule has 0 aliphatic heterocycles. The molecule has 19 heavy (non-hydrogen) atoms. The summed E-state index contributed by atoms with van der Waals surface area (Å²) in [5.74, 6) is -0.484. The van der Waals surface area contributed by atoms with Crippen LogP contribution in [0.2, 0.25) is 5.02 Å². The number of hydrogen-bond acceptors (Lipinski definition) is 2. The molecule has 1 N–H and O–H groups in total. The molecular weight excluding hydrogens is 332 g/mol. The van der Waals surface area contributed by atoms with E-state index < -0.39 is 0 Å². The van der Waals surface area contributed by atoms with Crippen molar-refractivity contribution in [3.8, 4) is 0 Å². The number of benzene rings is 1. The van der Waals surface area contributed by atoms with Crippen LogP contribution in [0.5, 0.6) is 0 Å². The fraction of sp³-hybridized carbons (Fsp3) is 0.385. The summed E-state index contributed by atoms with van der Waals surface area (Å²) < 4.78 is 0.764. The van der Waals surface area contributed by atoms with Crippen LogP contribution in [-0.4, -0.2) is 36.3 Å². The number of nitrogens with zero attached hydrogens (tertiary/aromatic N) is 1. The first kappa shape index (κ1) is 16.0. The summed E-state index contributed by atoms with van der Waals surface area (Å²) in [5.41, 5.74) is 0.371. The fourth-order valence-corrected chi connectivity index (χ4v) is 2.08. The van der Waals surface area contributed by atoms with E-state index in [1.807, 2.05) is 13.8 Å². The van der Waals surface area contributed by atoms with Gasteiger partial charge in [-0.05, 0) is 32.0 Å². The van der Waals surface area contributed by atoms with Gasteiger partial charge in [-0.2, -0.15) is 0 Å². The molecule has 0 saturated carbocycles. The van der Waals surface area contributed by atoms with Crippen molar-refractivity contribution in [3.63, 3.8) is 0 Å². The fourth-order valence-electron chi connectivity index (χ4n) is 1.52. The van der Waals surface area contributed by atoms with E-state index in [-0.39, 0.29) is 24.4 Å². The van der Waals surface area contributed by atoms with Gasteiger partial charge in [0.15, 0.2) is 0 Å². The van der Waals surface area contributed by atoms with Crippen molar-refractivity contribution >= 4 is 39.3 Å². The predicted molar refractivity (Wildman–Crippen MR) is 79.4 cm³/mol. The standard InChI is InChI=1S/C13H16BrClN2O2/c1-8(2)16-12(18)7-17(3)13(19)10-6-9(14)4-5-11(10)15/h4-6,8H,7H2,1-3H3,(H,16,18). The lowest BCUT2D eigenvalue weighted by molar-refractivity contribution is -0.122. The minimum absolute atomic E-state index is 0.000143. The van der Waals surface area contributed by atoms with Gasteiger partial charge in [0, 0.05) is 17.6 Å². The minimum Gasteiger partial charge on any atom is -0.352 e. The van der Waals surface area contributed by atoms with Gasteiger partial charge >= 0.3 is 0 Å². The molecule has 0 fully saturated rings. The SMILES string of the molecule is CC(C)NC(=O)CN(C)C(=O)c1cc(Br)ccc1Cl. The Morgan fingerprint density at radius 2 is 2.05 bits per heavy atom. The van der Waals surface area contributed by atoms with Crippen LogP contribution in [0.4, 0.5) is 0 Å². The molecule has 0 unspecified atom stereocenters. The Labute approximate surface area is 126 Å². The highest BCUT2D eigenvalue weighted by atomic mass is 79.9. The van der Waals surface area contributed by atoms with Crippen molar-refractivity contribution in [2.45, 2.75) is 19.9 Å². The molecule has 0 heterocycles. The number of likely N-dealkylation sites (N-methyl/N-ethyl adjacent to an activating group) is 1. The van der Waals surface area contributed by atoms with Crippen LogP contribution in [0.25, 0.3) is 0 Å². The second-order valence-corrected chi connectivity index (χ2v) is 5.83. The molecule has 6 heteroatoms. The Kier molecular flexibility index (Phi) is 5.82. The monoisotopic (exact) mass is 346 g/mol. The van der Waals surface area contributed by atoms with Gasteiger partial charge in [-0.3, -0.25) is 9.59 Å². The Bertz CT molecular complexity index is 492. The van der Waals surface area contributed by atoms with Gasteiger partial charge in [-0.1, -0.05) is 27.5 Å². The summed E-state index contributed by atoms with van der Waals surface area (Å²) in [5, 5.41) is 3.10. The van der Waals surface area contributed by atoms with Crippen molar-refractivity contribution < 1.29 is 9.59 Å². The maximum absolute atomic E-state index is 12.2. The second kappa shape index (κ2) is 6.91. The molecule has 1 aromatic rings. The van der Waals surface area contributed by atoms with E-state index in [2.05, 4.69) is 21.2 Å². The van der Waals surface area contributed by atoms with E-state index in [1.165, 1.54) is 4.90 Å². The van der Waals surface area contributed by atoms with Crippen LogP contribution < -0.4 is 5.32 Å². The average Bonchev–Trinajstić information content (AvgIpc) is 2.30. The smallest absolute Gasteiger partial charge is 0.255 e. The van der Waals surface area contributed by atoms with E-state index in [1.54, 1.807) is 25.2 Å². The molecule has 104 valence electrons. The molecule has 4 nitrogen and oxygen atoms in total. The number of amides is 2. The zero-order valence-corrected chi connectivity index (χ0v) is 13.4. The highest BCUT2D eigenvalue weighted by molar-refractivity contribution is 9.10. The van der Waals surface area contributed by atoms with Crippen LogP contribution in [0.15, 0.2) is 22.7 Å². The van der Waals surface area contributed by atoms with Crippen LogP contribution in [0.3, 0.4) is 0 Å². The number of carbonyl (C=O) groups excluding carboxylic acids is 2. The number of carbonyl (C=O) groups is 2. The van der Waals surface area contributed by atoms with Crippen LogP contribution in [0, 0.1) is 0 Å². The average molecular weight is 348 g/mol. The third kappa shape index (κ3) is 4.84. The first-order valence-corrected chi connectivity index (χ1v) is 6.98. The lowest BCUT2D eigenvalue weighted by Gasteiger charge is -2.18. The first-order valence-electron chi connectivity index (χ1n) is 5.81. The number of halogens is 2. The molecule has 0 bridgehead atoms. The Morgan fingerprint density at radius 3 is 2.63 bits per heavy atom. The lowest BCUT2D eigenvalue weighted by Crippen LogP contribution is -2.40. The van der Waals surface area contributed by atoms with Gasteiger partial charge < -0.3 is 10.2 Å². The zero-order chi connectivity index (χ0) is 14.6.